The second-order valence-electron chi connectivity index (χ2n) is 7.06. The molecule has 2 aromatic rings. The molecule has 24 heavy (non-hydrogen) atoms. The maximum absolute atomic E-state index is 12.9. The number of piperidine rings is 1. The van der Waals surface area contributed by atoms with Crippen molar-refractivity contribution in [1.29, 1.82) is 0 Å². The number of rotatable bonds is 3. The molecule has 0 bridgehead atoms. The Morgan fingerprint density at radius 2 is 2.04 bits per heavy atom. The van der Waals surface area contributed by atoms with Gasteiger partial charge in [-0.25, -0.2) is 9.67 Å². The molecule has 128 valence electrons. The van der Waals surface area contributed by atoms with Crippen LogP contribution in [0.15, 0.2) is 30.3 Å². The maximum Gasteiger partial charge on any atom is 0.293 e. The van der Waals surface area contributed by atoms with Crippen LogP contribution < -0.4 is 5.73 Å². The molecule has 3 rings (SSSR count). The largest absolute Gasteiger partial charge is 0.335 e. The van der Waals surface area contributed by atoms with E-state index in [2.05, 4.69) is 23.9 Å². The normalized spacial score (nSPS) is 20.2. The topological polar surface area (TPSA) is 77.0 Å². The first-order chi connectivity index (χ1) is 11.4. The molecule has 0 spiro atoms. The van der Waals surface area contributed by atoms with Crippen LogP contribution in [0.4, 0.5) is 0 Å². The molecule has 1 fully saturated rings. The predicted molar refractivity (Wildman–Crippen MR) is 93.0 cm³/mol. The lowest BCUT2D eigenvalue weighted by Crippen LogP contribution is -2.54. The maximum atomic E-state index is 12.9. The molecule has 0 radical (unpaired) electrons. The van der Waals surface area contributed by atoms with Gasteiger partial charge in [-0.05, 0) is 24.0 Å². The van der Waals surface area contributed by atoms with Crippen molar-refractivity contribution < 1.29 is 4.79 Å². The summed E-state index contributed by atoms with van der Waals surface area (Å²) in [4.78, 5) is 19.2. The van der Waals surface area contributed by atoms with Gasteiger partial charge in [0.1, 0.15) is 5.82 Å². The van der Waals surface area contributed by atoms with Gasteiger partial charge < -0.3 is 10.6 Å². The van der Waals surface area contributed by atoms with E-state index >= 15 is 0 Å². The number of hydrogen-bond acceptors (Lipinski definition) is 4. The Morgan fingerprint density at radius 1 is 1.33 bits per heavy atom. The van der Waals surface area contributed by atoms with Gasteiger partial charge >= 0.3 is 0 Å². The van der Waals surface area contributed by atoms with E-state index in [0.717, 1.165) is 17.9 Å². The minimum Gasteiger partial charge on any atom is -0.335 e. The number of carbonyl (C=O) groups is 1. The fourth-order valence-electron chi connectivity index (χ4n) is 3.13. The summed E-state index contributed by atoms with van der Waals surface area (Å²) in [7, 11) is 0. The van der Waals surface area contributed by atoms with Crippen LogP contribution in [-0.2, 0) is 6.42 Å². The number of benzene rings is 1. The van der Waals surface area contributed by atoms with Crippen LogP contribution in [-0.4, -0.2) is 44.7 Å². The van der Waals surface area contributed by atoms with Crippen LogP contribution in [0.1, 0.15) is 43.6 Å². The Balaban J connectivity index is 1.88. The Bertz CT molecular complexity index is 722. The quantitative estimate of drug-likeness (QED) is 0.936. The Labute approximate surface area is 142 Å². The van der Waals surface area contributed by atoms with E-state index in [1.54, 1.807) is 4.68 Å². The third-order valence-electron chi connectivity index (χ3n) is 4.78. The van der Waals surface area contributed by atoms with Crippen molar-refractivity contribution in [3.63, 3.8) is 0 Å². The van der Waals surface area contributed by atoms with Crippen molar-refractivity contribution >= 4 is 5.91 Å². The number of para-hydroxylation sites is 1. The van der Waals surface area contributed by atoms with Crippen LogP contribution in [0.2, 0.25) is 0 Å². The summed E-state index contributed by atoms with van der Waals surface area (Å²) < 4.78 is 1.76. The second-order valence-corrected chi connectivity index (χ2v) is 7.06. The van der Waals surface area contributed by atoms with E-state index in [1.165, 1.54) is 0 Å². The summed E-state index contributed by atoms with van der Waals surface area (Å²) in [6.45, 7) is 7.51. The molecule has 1 unspecified atom stereocenters. The highest BCUT2D eigenvalue weighted by atomic mass is 16.2. The molecule has 1 aromatic carbocycles. The van der Waals surface area contributed by atoms with Crippen molar-refractivity contribution in [3.8, 4) is 5.69 Å². The lowest BCUT2D eigenvalue weighted by Gasteiger charge is -2.42. The third kappa shape index (κ3) is 3.06. The minimum atomic E-state index is -0.112. The van der Waals surface area contributed by atoms with E-state index in [4.69, 9.17) is 5.73 Å². The third-order valence-corrected chi connectivity index (χ3v) is 4.78. The summed E-state index contributed by atoms with van der Waals surface area (Å²) in [5.74, 6) is 0.943. The van der Waals surface area contributed by atoms with E-state index in [1.807, 2.05) is 42.2 Å². The molecule has 1 atom stereocenters. The molecule has 1 saturated heterocycles. The van der Waals surface area contributed by atoms with E-state index in [0.29, 0.717) is 19.5 Å². The first-order valence-corrected chi connectivity index (χ1v) is 8.48. The lowest BCUT2D eigenvalue weighted by molar-refractivity contribution is 0.0521. The molecule has 2 N–H and O–H groups in total. The van der Waals surface area contributed by atoms with Crippen molar-refractivity contribution in [1.82, 2.24) is 19.7 Å². The molecule has 6 nitrogen and oxygen atoms in total. The zero-order valence-electron chi connectivity index (χ0n) is 14.6. The Morgan fingerprint density at radius 3 is 2.67 bits per heavy atom. The van der Waals surface area contributed by atoms with Crippen LogP contribution in [0.25, 0.3) is 5.69 Å². The van der Waals surface area contributed by atoms with Crippen LogP contribution in [0.5, 0.6) is 0 Å². The molecule has 1 aliphatic rings. The minimum absolute atomic E-state index is 0.0938. The smallest absolute Gasteiger partial charge is 0.293 e. The molecule has 0 saturated carbocycles. The molecule has 1 aromatic heterocycles. The highest BCUT2D eigenvalue weighted by molar-refractivity contribution is 5.90. The first-order valence-electron chi connectivity index (χ1n) is 8.48. The number of nitrogens with two attached hydrogens (primary N) is 1. The average Bonchev–Trinajstić information content (AvgIpc) is 3.01. The van der Waals surface area contributed by atoms with Gasteiger partial charge in [-0.15, -0.1) is 5.10 Å². The van der Waals surface area contributed by atoms with Crippen molar-refractivity contribution in [2.24, 2.45) is 11.1 Å². The molecule has 6 heteroatoms. The number of likely N-dealkylation sites (tertiary alicyclic amines) is 1. The highest BCUT2D eigenvalue weighted by Crippen LogP contribution is 2.28. The van der Waals surface area contributed by atoms with E-state index in [9.17, 15) is 4.79 Å². The van der Waals surface area contributed by atoms with E-state index < -0.39 is 0 Å². The monoisotopic (exact) mass is 327 g/mol. The molecule has 1 amide bonds. The highest BCUT2D eigenvalue weighted by Gasteiger charge is 2.36. The van der Waals surface area contributed by atoms with Crippen molar-refractivity contribution in [3.05, 3.63) is 42.0 Å². The van der Waals surface area contributed by atoms with Crippen molar-refractivity contribution in [2.75, 3.05) is 13.1 Å². The van der Waals surface area contributed by atoms with Gasteiger partial charge in [-0.1, -0.05) is 39.0 Å². The molecular formula is C18H25N5O. The van der Waals surface area contributed by atoms with Gasteiger partial charge in [0.15, 0.2) is 0 Å². The van der Waals surface area contributed by atoms with Gasteiger partial charge in [0.05, 0.1) is 5.69 Å². The van der Waals surface area contributed by atoms with Crippen LogP contribution in [0.3, 0.4) is 0 Å². The summed E-state index contributed by atoms with van der Waals surface area (Å²) in [6.07, 6.45) is 1.52. The number of carbonyl (C=O) groups excluding carboxylic acids is 1. The van der Waals surface area contributed by atoms with Gasteiger partial charge in [0.25, 0.3) is 5.91 Å². The van der Waals surface area contributed by atoms with Gasteiger partial charge in [-0.3, -0.25) is 4.79 Å². The Hall–Kier alpha value is -2.21. The van der Waals surface area contributed by atoms with Crippen LogP contribution in [0, 0.1) is 5.41 Å². The second kappa shape index (κ2) is 6.36. The molecule has 0 aliphatic carbocycles. The summed E-state index contributed by atoms with van der Waals surface area (Å²) in [5, 5.41) is 4.48. The summed E-state index contributed by atoms with van der Waals surface area (Å²) >= 11 is 0. The standard InChI is InChI=1S/C18H25N5O/c1-4-15-20-16(21-23(15)13-8-6-5-7-9-13)17(24)22-11-10-14(19)18(2,3)12-22/h5-9,14H,4,10-12,19H2,1-3H3. The average molecular weight is 327 g/mol. The molecule has 1 aliphatic heterocycles. The summed E-state index contributed by atoms with van der Waals surface area (Å²) in [5.41, 5.74) is 6.99. The number of amides is 1. The summed E-state index contributed by atoms with van der Waals surface area (Å²) in [6, 6.07) is 9.90. The number of aromatic nitrogens is 3. The fraction of sp³-hybridized carbons (Fsp3) is 0.500. The predicted octanol–water partition coefficient (Wildman–Crippen LogP) is 2.03. The van der Waals surface area contributed by atoms with E-state index in [-0.39, 0.29) is 23.2 Å². The fourth-order valence-corrected chi connectivity index (χ4v) is 3.13. The van der Waals surface area contributed by atoms with Crippen molar-refractivity contribution in [2.45, 2.75) is 39.7 Å². The number of aryl methyl sites for hydroxylation is 1. The lowest BCUT2D eigenvalue weighted by atomic mass is 9.79. The van der Waals surface area contributed by atoms with Gasteiger partial charge in [0.2, 0.25) is 5.82 Å². The molecule has 2 heterocycles. The van der Waals surface area contributed by atoms with Gasteiger partial charge in [-0.2, -0.15) is 0 Å². The van der Waals surface area contributed by atoms with Crippen LogP contribution >= 0.6 is 0 Å². The van der Waals surface area contributed by atoms with Gasteiger partial charge in [0, 0.05) is 25.6 Å². The SMILES string of the molecule is CCc1nc(C(=O)N2CCC(N)C(C)(C)C2)nn1-c1ccccc1. The zero-order chi connectivity index (χ0) is 17.3. The molecular weight excluding hydrogens is 302 g/mol. The number of hydrogen-bond donors (Lipinski definition) is 1. The first kappa shape index (κ1) is 16.6. The zero-order valence-corrected chi connectivity index (χ0v) is 14.6. The Kier molecular flexibility index (Phi) is 4.41. The number of nitrogens with zero attached hydrogens (tertiary/aromatic N) is 4.